The molecule has 0 aliphatic heterocycles. The van der Waals surface area contributed by atoms with E-state index in [0.29, 0.717) is 35.5 Å². The number of hydrogen-bond acceptors (Lipinski definition) is 5. The van der Waals surface area contributed by atoms with Crippen molar-refractivity contribution in [2.24, 2.45) is 0 Å². The number of fused-ring (bicyclic) bond motifs is 2. The monoisotopic (exact) mass is 427 g/mol. The van der Waals surface area contributed by atoms with Crippen LogP contribution < -0.4 is 5.69 Å². The summed E-state index contributed by atoms with van der Waals surface area (Å²) in [5, 5.41) is 0.720. The molecule has 3 aromatic heterocycles. The fourth-order valence-corrected chi connectivity index (χ4v) is 3.84. The predicted octanol–water partition coefficient (Wildman–Crippen LogP) is 4.69. The summed E-state index contributed by atoms with van der Waals surface area (Å²) in [5.74, 6) is 0.937. The molecule has 3 heterocycles. The Bertz CT molecular complexity index is 1490. The fourth-order valence-electron chi connectivity index (χ4n) is 3.84. The highest BCUT2D eigenvalue weighted by molar-refractivity contribution is 6.04. The van der Waals surface area contributed by atoms with Crippen molar-refractivity contribution in [3.05, 3.63) is 88.5 Å². The number of aromatic amines is 1. The molecule has 1 N–H and O–H groups in total. The first-order chi connectivity index (χ1) is 15.6. The third-order valence-corrected chi connectivity index (χ3v) is 5.37. The summed E-state index contributed by atoms with van der Waals surface area (Å²) in [6, 6.07) is 20.4. The smallest absolute Gasteiger partial charge is 0.338 e. The Morgan fingerprint density at radius 3 is 2.75 bits per heavy atom. The van der Waals surface area contributed by atoms with Crippen LogP contribution in [0.4, 0.5) is 0 Å². The van der Waals surface area contributed by atoms with Crippen LogP contribution in [0.3, 0.4) is 0 Å². The van der Waals surface area contributed by atoms with E-state index in [2.05, 4.69) is 9.97 Å². The Morgan fingerprint density at radius 1 is 1.09 bits per heavy atom. The number of benzene rings is 2. The topological polar surface area (TPSA) is 90.1 Å². The number of H-pyrrole nitrogens is 1. The maximum Gasteiger partial charge on any atom is 0.338 e. The molecule has 0 saturated heterocycles. The number of carbonyl (C=O) groups is 1. The first-order valence-electron chi connectivity index (χ1n) is 10.4. The van der Waals surface area contributed by atoms with Crippen molar-refractivity contribution in [2.75, 3.05) is 6.61 Å². The highest BCUT2D eigenvalue weighted by Crippen LogP contribution is 2.26. The van der Waals surface area contributed by atoms with E-state index in [1.54, 1.807) is 10.6 Å². The molecule has 7 heteroatoms. The van der Waals surface area contributed by atoms with E-state index >= 15 is 0 Å². The molecular weight excluding hydrogens is 406 g/mol. The Hall–Kier alpha value is -4.13. The minimum atomic E-state index is -0.431. The van der Waals surface area contributed by atoms with Crippen LogP contribution in [0.5, 0.6) is 0 Å². The molecule has 0 unspecified atom stereocenters. The summed E-state index contributed by atoms with van der Waals surface area (Å²) >= 11 is 0. The lowest BCUT2D eigenvalue weighted by atomic mass is 10.1. The SMILES string of the molecule is Cc1ccc(-c2cc(C(=O)OCCCn3c(=O)[nH]c4ccccc43)c3ccccc3n2)o1. The van der Waals surface area contributed by atoms with Crippen molar-refractivity contribution < 1.29 is 13.9 Å². The first kappa shape index (κ1) is 19.8. The molecular formula is C25H21N3O4. The van der Waals surface area contributed by atoms with Crippen molar-refractivity contribution in [3.63, 3.8) is 0 Å². The van der Waals surface area contributed by atoms with Gasteiger partial charge in [0.15, 0.2) is 5.76 Å². The van der Waals surface area contributed by atoms with E-state index in [4.69, 9.17) is 9.15 Å². The van der Waals surface area contributed by atoms with Gasteiger partial charge in [-0.25, -0.2) is 14.6 Å². The third-order valence-electron chi connectivity index (χ3n) is 5.37. The summed E-state index contributed by atoms with van der Waals surface area (Å²) in [4.78, 5) is 32.6. The van der Waals surface area contributed by atoms with Crippen LogP contribution in [-0.4, -0.2) is 27.1 Å². The van der Waals surface area contributed by atoms with E-state index in [1.807, 2.05) is 67.6 Å². The van der Waals surface area contributed by atoms with Crippen molar-refractivity contribution in [2.45, 2.75) is 19.9 Å². The van der Waals surface area contributed by atoms with Gasteiger partial charge in [-0.05, 0) is 49.7 Å². The molecule has 160 valence electrons. The summed E-state index contributed by atoms with van der Waals surface area (Å²) in [6.07, 6.45) is 0.515. The number of pyridine rings is 1. The summed E-state index contributed by atoms with van der Waals surface area (Å²) in [7, 11) is 0. The fraction of sp³-hybridized carbons (Fsp3) is 0.160. The number of esters is 1. The number of furan rings is 1. The van der Waals surface area contributed by atoms with Gasteiger partial charge in [0, 0.05) is 11.9 Å². The minimum Gasteiger partial charge on any atom is -0.462 e. The zero-order valence-electron chi connectivity index (χ0n) is 17.5. The molecule has 0 aliphatic carbocycles. The zero-order valence-corrected chi connectivity index (χ0v) is 17.5. The van der Waals surface area contributed by atoms with E-state index in [0.717, 1.165) is 22.2 Å². The number of nitrogens with zero attached hydrogens (tertiary/aromatic N) is 2. The van der Waals surface area contributed by atoms with Crippen molar-refractivity contribution in [3.8, 4) is 11.5 Å². The van der Waals surface area contributed by atoms with Crippen molar-refractivity contribution in [1.29, 1.82) is 0 Å². The number of aryl methyl sites for hydroxylation is 2. The molecule has 7 nitrogen and oxygen atoms in total. The number of imidazole rings is 1. The summed E-state index contributed by atoms with van der Waals surface area (Å²) in [6.45, 7) is 2.50. The lowest BCUT2D eigenvalue weighted by Gasteiger charge is -2.09. The minimum absolute atomic E-state index is 0.170. The average Bonchev–Trinajstić information content (AvgIpc) is 3.38. The van der Waals surface area contributed by atoms with E-state index in [9.17, 15) is 9.59 Å². The first-order valence-corrected chi connectivity index (χ1v) is 10.4. The standard InChI is InChI=1S/C25H21N3O4/c1-16-11-12-23(32-16)21-15-18(17-7-2-3-8-19(17)26-21)24(29)31-14-6-13-28-22-10-5-4-9-20(22)27-25(28)30/h2-5,7-12,15H,6,13-14H2,1H3,(H,27,30). The maximum atomic E-state index is 12.9. The van der Waals surface area contributed by atoms with Gasteiger partial charge in [0.05, 0.1) is 28.7 Å². The second-order valence-electron chi connectivity index (χ2n) is 7.57. The average molecular weight is 427 g/mol. The third kappa shape index (κ3) is 3.69. The molecule has 2 aromatic carbocycles. The molecule has 0 bridgehead atoms. The largest absolute Gasteiger partial charge is 0.462 e. The van der Waals surface area contributed by atoms with Gasteiger partial charge in [-0.3, -0.25) is 4.57 Å². The normalized spacial score (nSPS) is 11.3. The number of ether oxygens (including phenoxy) is 1. The molecule has 5 rings (SSSR count). The molecule has 0 spiro atoms. The Kier molecular flexibility index (Phi) is 5.07. The zero-order chi connectivity index (χ0) is 22.1. The number of nitrogens with one attached hydrogen (secondary N) is 1. The van der Waals surface area contributed by atoms with Crippen molar-refractivity contribution in [1.82, 2.24) is 14.5 Å². The molecule has 0 aliphatic rings. The Balaban J connectivity index is 1.34. The predicted molar refractivity (Wildman–Crippen MR) is 122 cm³/mol. The summed E-state index contributed by atoms with van der Waals surface area (Å²) < 4.78 is 12.9. The lowest BCUT2D eigenvalue weighted by molar-refractivity contribution is 0.0498. The molecule has 0 atom stereocenters. The van der Waals surface area contributed by atoms with Gasteiger partial charge in [0.2, 0.25) is 0 Å². The van der Waals surface area contributed by atoms with Gasteiger partial charge < -0.3 is 14.1 Å². The second-order valence-corrected chi connectivity index (χ2v) is 7.57. The van der Waals surface area contributed by atoms with Gasteiger partial charge in [0.25, 0.3) is 0 Å². The van der Waals surface area contributed by atoms with Gasteiger partial charge in [-0.1, -0.05) is 30.3 Å². The molecule has 0 amide bonds. The molecule has 0 radical (unpaired) electrons. The molecule has 0 fully saturated rings. The lowest BCUT2D eigenvalue weighted by Crippen LogP contribution is -2.18. The van der Waals surface area contributed by atoms with Crippen molar-refractivity contribution >= 4 is 27.9 Å². The highest BCUT2D eigenvalue weighted by atomic mass is 16.5. The van der Waals surface area contributed by atoms with E-state index in [-0.39, 0.29) is 12.3 Å². The van der Waals surface area contributed by atoms with Crippen LogP contribution in [0, 0.1) is 6.92 Å². The molecule has 32 heavy (non-hydrogen) atoms. The highest BCUT2D eigenvalue weighted by Gasteiger charge is 2.16. The quantitative estimate of drug-likeness (QED) is 0.314. The van der Waals surface area contributed by atoms with E-state index < -0.39 is 5.97 Å². The summed E-state index contributed by atoms with van der Waals surface area (Å²) in [5.41, 5.74) is 3.16. The van der Waals surface area contributed by atoms with Crippen LogP contribution in [0.25, 0.3) is 33.4 Å². The van der Waals surface area contributed by atoms with Crippen LogP contribution in [0.2, 0.25) is 0 Å². The van der Waals surface area contributed by atoms with E-state index in [1.165, 1.54) is 0 Å². The van der Waals surface area contributed by atoms with Crippen LogP contribution in [0.1, 0.15) is 22.5 Å². The van der Waals surface area contributed by atoms with Gasteiger partial charge in [-0.15, -0.1) is 0 Å². The number of hydrogen-bond donors (Lipinski definition) is 1. The van der Waals surface area contributed by atoms with Crippen LogP contribution >= 0.6 is 0 Å². The number of aromatic nitrogens is 3. The number of rotatable bonds is 6. The Labute approximate surface area is 183 Å². The number of carbonyl (C=O) groups excluding carboxylic acids is 1. The van der Waals surface area contributed by atoms with Crippen LogP contribution in [0.15, 0.2) is 75.9 Å². The van der Waals surface area contributed by atoms with Gasteiger partial charge in [-0.2, -0.15) is 0 Å². The van der Waals surface area contributed by atoms with Gasteiger partial charge in [0.1, 0.15) is 11.5 Å². The van der Waals surface area contributed by atoms with Crippen LogP contribution in [-0.2, 0) is 11.3 Å². The maximum absolute atomic E-state index is 12.9. The molecule has 5 aromatic rings. The Morgan fingerprint density at radius 2 is 1.91 bits per heavy atom. The number of para-hydroxylation sites is 3. The molecule has 0 saturated carbocycles. The van der Waals surface area contributed by atoms with Gasteiger partial charge >= 0.3 is 11.7 Å². The second kappa shape index (κ2) is 8.19.